The van der Waals surface area contributed by atoms with Crippen LogP contribution >= 0.6 is 0 Å². The SMILES string of the molecule is COC(=O)c1c(C)nc(-c2ccccc2)n1OC. The van der Waals surface area contributed by atoms with E-state index >= 15 is 0 Å². The van der Waals surface area contributed by atoms with Crippen LogP contribution in [0.15, 0.2) is 30.3 Å². The van der Waals surface area contributed by atoms with E-state index in [1.807, 2.05) is 30.3 Å². The normalized spacial score (nSPS) is 10.2. The molecule has 0 atom stereocenters. The van der Waals surface area contributed by atoms with Gasteiger partial charge in [0.05, 0.1) is 12.8 Å². The first-order valence-electron chi connectivity index (χ1n) is 5.46. The van der Waals surface area contributed by atoms with Crippen LogP contribution in [0.4, 0.5) is 0 Å². The summed E-state index contributed by atoms with van der Waals surface area (Å²) in [6, 6.07) is 9.52. The Labute approximate surface area is 105 Å². The molecular formula is C13H14N2O3. The molecule has 94 valence electrons. The Morgan fingerprint density at radius 2 is 1.89 bits per heavy atom. The summed E-state index contributed by atoms with van der Waals surface area (Å²) in [5, 5.41) is 0. The van der Waals surface area contributed by atoms with Crippen molar-refractivity contribution in [2.24, 2.45) is 0 Å². The molecule has 0 aliphatic heterocycles. The molecule has 0 aliphatic rings. The van der Waals surface area contributed by atoms with Gasteiger partial charge >= 0.3 is 5.97 Å². The summed E-state index contributed by atoms with van der Waals surface area (Å²) in [6.07, 6.45) is 0. The third-order valence-corrected chi connectivity index (χ3v) is 2.61. The van der Waals surface area contributed by atoms with E-state index in [0.717, 1.165) is 5.56 Å². The molecule has 18 heavy (non-hydrogen) atoms. The topological polar surface area (TPSA) is 53.3 Å². The number of ether oxygens (including phenoxy) is 1. The highest BCUT2D eigenvalue weighted by atomic mass is 16.7. The molecule has 0 amide bonds. The highest BCUT2D eigenvalue weighted by Crippen LogP contribution is 2.21. The molecule has 0 bridgehead atoms. The van der Waals surface area contributed by atoms with Gasteiger partial charge in [0.2, 0.25) is 0 Å². The lowest BCUT2D eigenvalue weighted by Gasteiger charge is -2.08. The third-order valence-electron chi connectivity index (χ3n) is 2.61. The van der Waals surface area contributed by atoms with Gasteiger partial charge in [-0.3, -0.25) is 0 Å². The molecule has 0 spiro atoms. The largest absolute Gasteiger partial charge is 0.464 e. The minimum absolute atomic E-state index is 0.304. The van der Waals surface area contributed by atoms with Gasteiger partial charge in [-0.15, -0.1) is 0 Å². The van der Waals surface area contributed by atoms with E-state index in [1.165, 1.54) is 19.0 Å². The van der Waals surface area contributed by atoms with Gasteiger partial charge in [-0.2, -0.15) is 4.73 Å². The minimum Gasteiger partial charge on any atom is -0.464 e. The highest BCUT2D eigenvalue weighted by molar-refractivity contribution is 5.89. The van der Waals surface area contributed by atoms with Crippen molar-refractivity contribution in [3.05, 3.63) is 41.7 Å². The Kier molecular flexibility index (Phi) is 3.32. The third kappa shape index (κ3) is 1.95. The number of carbonyl (C=O) groups excluding carboxylic acids is 1. The molecule has 0 unspecified atom stereocenters. The predicted octanol–water partition coefficient (Wildman–Crippen LogP) is 1.70. The molecule has 0 fully saturated rings. The second-order valence-corrected chi connectivity index (χ2v) is 3.70. The highest BCUT2D eigenvalue weighted by Gasteiger charge is 2.22. The van der Waals surface area contributed by atoms with E-state index in [2.05, 4.69) is 4.98 Å². The molecule has 0 saturated heterocycles. The molecule has 2 aromatic rings. The van der Waals surface area contributed by atoms with E-state index in [9.17, 15) is 4.79 Å². The van der Waals surface area contributed by atoms with Crippen molar-refractivity contribution in [1.82, 2.24) is 9.71 Å². The van der Waals surface area contributed by atoms with Crippen molar-refractivity contribution in [2.75, 3.05) is 14.2 Å². The maximum atomic E-state index is 11.7. The number of benzene rings is 1. The van der Waals surface area contributed by atoms with Gasteiger partial charge in [0.15, 0.2) is 11.5 Å². The summed E-state index contributed by atoms with van der Waals surface area (Å²) in [4.78, 5) is 21.3. The standard InChI is InChI=1S/C13H14N2O3/c1-9-11(13(16)17-2)15(18-3)12(14-9)10-7-5-4-6-8-10/h4-8H,1-3H3. The minimum atomic E-state index is -0.468. The Balaban J connectivity index is 2.60. The fourth-order valence-electron chi connectivity index (χ4n) is 1.78. The Bertz CT molecular complexity index is 561. The van der Waals surface area contributed by atoms with E-state index in [-0.39, 0.29) is 0 Å². The quantitative estimate of drug-likeness (QED) is 0.773. The second-order valence-electron chi connectivity index (χ2n) is 3.70. The lowest BCUT2D eigenvalue weighted by atomic mass is 10.2. The summed E-state index contributed by atoms with van der Waals surface area (Å²) in [6.45, 7) is 1.74. The van der Waals surface area contributed by atoms with Gasteiger partial charge in [0.1, 0.15) is 7.11 Å². The molecule has 0 aliphatic carbocycles. The van der Waals surface area contributed by atoms with E-state index < -0.39 is 5.97 Å². The first-order chi connectivity index (χ1) is 8.69. The molecule has 0 radical (unpaired) electrons. The van der Waals surface area contributed by atoms with Gasteiger partial charge in [-0.25, -0.2) is 9.78 Å². The fourth-order valence-corrected chi connectivity index (χ4v) is 1.78. The number of nitrogens with zero attached hydrogens (tertiary/aromatic N) is 2. The summed E-state index contributed by atoms with van der Waals surface area (Å²) in [7, 11) is 2.82. The average Bonchev–Trinajstić information content (AvgIpc) is 2.75. The first kappa shape index (κ1) is 12.2. The molecule has 5 nitrogen and oxygen atoms in total. The summed E-state index contributed by atoms with van der Waals surface area (Å²) < 4.78 is 6.11. The van der Waals surface area contributed by atoms with Crippen LogP contribution in [-0.2, 0) is 4.74 Å². The molecule has 5 heteroatoms. The number of imidazole rings is 1. The number of methoxy groups -OCH3 is 1. The summed E-state index contributed by atoms with van der Waals surface area (Å²) in [5.74, 6) is 0.111. The van der Waals surface area contributed by atoms with E-state index in [1.54, 1.807) is 6.92 Å². The van der Waals surface area contributed by atoms with Crippen LogP contribution in [0.25, 0.3) is 11.4 Å². The van der Waals surface area contributed by atoms with Crippen molar-refractivity contribution < 1.29 is 14.4 Å². The zero-order valence-electron chi connectivity index (χ0n) is 10.5. The van der Waals surface area contributed by atoms with E-state index in [0.29, 0.717) is 17.2 Å². The van der Waals surface area contributed by atoms with Crippen LogP contribution in [0.3, 0.4) is 0 Å². The van der Waals surface area contributed by atoms with Gasteiger partial charge in [0, 0.05) is 5.56 Å². The summed E-state index contributed by atoms with van der Waals surface area (Å²) >= 11 is 0. The Morgan fingerprint density at radius 3 is 2.44 bits per heavy atom. The molecule has 1 aromatic carbocycles. The smallest absolute Gasteiger partial charge is 0.360 e. The molecule has 1 aromatic heterocycles. The number of aromatic nitrogens is 2. The number of aryl methyl sites for hydroxylation is 1. The van der Waals surface area contributed by atoms with Crippen LogP contribution in [0.2, 0.25) is 0 Å². The van der Waals surface area contributed by atoms with Crippen molar-refractivity contribution in [1.29, 1.82) is 0 Å². The van der Waals surface area contributed by atoms with Gasteiger partial charge in [-0.05, 0) is 6.92 Å². The predicted molar refractivity (Wildman–Crippen MR) is 66.2 cm³/mol. The van der Waals surface area contributed by atoms with Crippen LogP contribution in [0.1, 0.15) is 16.2 Å². The van der Waals surface area contributed by atoms with Crippen molar-refractivity contribution >= 4 is 5.97 Å². The lowest BCUT2D eigenvalue weighted by Crippen LogP contribution is -2.17. The Hall–Kier alpha value is -2.30. The maximum Gasteiger partial charge on any atom is 0.360 e. The average molecular weight is 246 g/mol. The van der Waals surface area contributed by atoms with Crippen molar-refractivity contribution in [3.63, 3.8) is 0 Å². The lowest BCUT2D eigenvalue weighted by molar-refractivity contribution is 0.0546. The number of hydrogen-bond donors (Lipinski definition) is 0. The molecule has 2 rings (SSSR count). The fraction of sp³-hybridized carbons (Fsp3) is 0.231. The zero-order chi connectivity index (χ0) is 13.1. The van der Waals surface area contributed by atoms with Crippen molar-refractivity contribution in [2.45, 2.75) is 6.92 Å². The second kappa shape index (κ2) is 4.91. The molecule has 0 saturated carbocycles. The zero-order valence-corrected chi connectivity index (χ0v) is 10.5. The number of rotatable bonds is 3. The van der Waals surface area contributed by atoms with Crippen LogP contribution in [-0.4, -0.2) is 29.9 Å². The number of esters is 1. The van der Waals surface area contributed by atoms with Crippen LogP contribution in [0, 0.1) is 6.92 Å². The van der Waals surface area contributed by atoms with Gasteiger partial charge in [0.25, 0.3) is 0 Å². The van der Waals surface area contributed by atoms with Gasteiger partial charge in [-0.1, -0.05) is 30.3 Å². The van der Waals surface area contributed by atoms with E-state index in [4.69, 9.17) is 9.57 Å². The molecule has 0 N–H and O–H groups in total. The molecule has 1 heterocycles. The maximum absolute atomic E-state index is 11.7. The first-order valence-corrected chi connectivity index (χ1v) is 5.46. The van der Waals surface area contributed by atoms with Crippen LogP contribution in [0.5, 0.6) is 0 Å². The summed E-state index contributed by atoms with van der Waals surface area (Å²) in [5.41, 5.74) is 1.75. The monoisotopic (exact) mass is 246 g/mol. The molecular weight excluding hydrogens is 232 g/mol. The number of hydrogen-bond acceptors (Lipinski definition) is 4. The number of carbonyl (C=O) groups is 1. The van der Waals surface area contributed by atoms with Gasteiger partial charge < -0.3 is 9.57 Å². The Morgan fingerprint density at radius 1 is 1.22 bits per heavy atom. The van der Waals surface area contributed by atoms with Crippen LogP contribution < -0.4 is 4.84 Å². The van der Waals surface area contributed by atoms with Crippen molar-refractivity contribution in [3.8, 4) is 11.4 Å².